The van der Waals surface area contributed by atoms with E-state index in [4.69, 9.17) is 4.74 Å². The maximum absolute atomic E-state index is 12.9. The van der Waals surface area contributed by atoms with Gasteiger partial charge in [0.05, 0.1) is 18.0 Å². The number of sulfonamides is 1. The number of carbonyl (C=O) groups is 1. The van der Waals surface area contributed by atoms with Crippen LogP contribution in [0.1, 0.15) is 38.3 Å². The Morgan fingerprint density at radius 2 is 1.83 bits per heavy atom. The Balaban J connectivity index is 2.20. The predicted molar refractivity (Wildman–Crippen MR) is 117 cm³/mol. The number of anilines is 1. The molecular formula is C22H30N2O4S. The zero-order chi connectivity index (χ0) is 21.6. The molecule has 1 N–H and O–H groups in total. The molecule has 2 aromatic carbocycles. The quantitative estimate of drug-likeness (QED) is 0.675. The molecule has 6 nitrogen and oxygen atoms in total. The van der Waals surface area contributed by atoms with E-state index in [2.05, 4.69) is 5.32 Å². The molecule has 0 aliphatic carbocycles. The van der Waals surface area contributed by atoms with Gasteiger partial charge in [-0.25, -0.2) is 8.42 Å². The number of rotatable bonds is 9. The van der Waals surface area contributed by atoms with E-state index in [0.29, 0.717) is 12.1 Å². The third-order valence-electron chi connectivity index (χ3n) is 4.32. The van der Waals surface area contributed by atoms with Crippen molar-refractivity contribution in [3.8, 4) is 5.75 Å². The Morgan fingerprint density at radius 1 is 1.14 bits per heavy atom. The molecule has 0 fully saturated rings. The van der Waals surface area contributed by atoms with Crippen LogP contribution in [0.15, 0.2) is 48.5 Å². The number of ether oxygens (including phenoxy) is 1. The second-order valence-electron chi connectivity index (χ2n) is 7.35. The Labute approximate surface area is 173 Å². The minimum atomic E-state index is -3.64. The maximum Gasteiger partial charge on any atom is 0.244 e. The van der Waals surface area contributed by atoms with Crippen LogP contribution in [-0.2, 0) is 21.4 Å². The van der Waals surface area contributed by atoms with Crippen LogP contribution < -0.4 is 14.4 Å². The van der Waals surface area contributed by atoms with Crippen molar-refractivity contribution in [2.75, 3.05) is 10.6 Å². The van der Waals surface area contributed by atoms with Crippen LogP contribution in [0, 0.1) is 6.92 Å². The molecule has 0 saturated heterocycles. The summed E-state index contributed by atoms with van der Waals surface area (Å²) in [7, 11) is -3.64. The van der Waals surface area contributed by atoms with Crippen molar-refractivity contribution in [1.29, 1.82) is 0 Å². The van der Waals surface area contributed by atoms with E-state index in [-0.39, 0.29) is 18.6 Å². The first kappa shape index (κ1) is 22.7. The van der Waals surface area contributed by atoms with Crippen molar-refractivity contribution in [3.63, 3.8) is 0 Å². The number of hydrogen-bond donors (Lipinski definition) is 1. The lowest BCUT2D eigenvalue weighted by Crippen LogP contribution is -2.49. The van der Waals surface area contributed by atoms with Crippen molar-refractivity contribution < 1.29 is 17.9 Å². The number of nitrogens with zero attached hydrogens (tertiary/aromatic N) is 1. The third kappa shape index (κ3) is 6.49. The zero-order valence-corrected chi connectivity index (χ0v) is 18.5. The highest BCUT2D eigenvalue weighted by Crippen LogP contribution is 2.23. The molecular weight excluding hydrogens is 388 g/mol. The van der Waals surface area contributed by atoms with Gasteiger partial charge in [0.25, 0.3) is 0 Å². The molecule has 2 aromatic rings. The Hall–Kier alpha value is -2.54. The fraction of sp³-hybridized carbons (Fsp3) is 0.409. The number of amides is 1. The van der Waals surface area contributed by atoms with Crippen LogP contribution in [0.25, 0.3) is 0 Å². The van der Waals surface area contributed by atoms with Crippen LogP contribution in [-0.4, -0.2) is 32.7 Å². The molecule has 0 saturated carbocycles. The van der Waals surface area contributed by atoms with E-state index in [9.17, 15) is 13.2 Å². The summed E-state index contributed by atoms with van der Waals surface area (Å²) in [6.07, 6.45) is 1.53. The highest BCUT2D eigenvalue weighted by molar-refractivity contribution is 7.92. The lowest BCUT2D eigenvalue weighted by Gasteiger charge is -2.30. The van der Waals surface area contributed by atoms with Crippen molar-refractivity contribution in [3.05, 3.63) is 59.7 Å². The largest absolute Gasteiger partial charge is 0.491 e. The van der Waals surface area contributed by atoms with Gasteiger partial charge in [-0.15, -0.1) is 0 Å². The Morgan fingerprint density at radius 3 is 2.41 bits per heavy atom. The number of benzene rings is 2. The van der Waals surface area contributed by atoms with E-state index < -0.39 is 16.1 Å². The molecule has 0 bridgehead atoms. The average Bonchev–Trinajstić information content (AvgIpc) is 2.62. The average molecular weight is 419 g/mol. The van der Waals surface area contributed by atoms with Crippen LogP contribution in [0.3, 0.4) is 0 Å². The number of hydrogen-bond acceptors (Lipinski definition) is 4. The highest BCUT2D eigenvalue weighted by Gasteiger charge is 2.31. The second kappa shape index (κ2) is 9.78. The first-order valence-corrected chi connectivity index (χ1v) is 11.6. The van der Waals surface area contributed by atoms with Gasteiger partial charge in [-0.1, -0.05) is 31.2 Å². The molecule has 0 unspecified atom stereocenters. The first-order valence-electron chi connectivity index (χ1n) is 9.71. The number of aryl methyl sites for hydroxylation is 1. The lowest BCUT2D eigenvalue weighted by molar-refractivity contribution is -0.122. The lowest BCUT2D eigenvalue weighted by atomic mass is 10.1. The minimum absolute atomic E-state index is 0.0574. The zero-order valence-electron chi connectivity index (χ0n) is 17.7. The fourth-order valence-corrected chi connectivity index (χ4v) is 4.34. The molecule has 7 heteroatoms. The predicted octanol–water partition coefficient (Wildman–Crippen LogP) is 3.64. The molecule has 1 amide bonds. The Bertz CT molecular complexity index is 941. The van der Waals surface area contributed by atoms with Gasteiger partial charge in [-0.2, -0.15) is 0 Å². The summed E-state index contributed by atoms with van der Waals surface area (Å²) in [6.45, 7) is 7.87. The number of nitrogens with one attached hydrogen (secondary N) is 1. The minimum Gasteiger partial charge on any atom is -0.491 e. The van der Waals surface area contributed by atoms with Crippen molar-refractivity contribution in [2.24, 2.45) is 0 Å². The molecule has 1 atom stereocenters. The summed E-state index contributed by atoms with van der Waals surface area (Å²) in [5, 5.41) is 2.87. The molecule has 0 aliphatic heterocycles. The van der Waals surface area contributed by atoms with Gasteiger partial charge in [0.15, 0.2) is 0 Å². The van der Waals surface area contributed by atoms with Gasteiger partial charge in [0, 0.05) is 6.54 Å². The topological polar surface area (TPSA) is 75.7 Å². The Kier molecular flexibility index (Phi) is 7.67. The summed E-state index contributed by atoms with van der Waals surface area (Å²) in [5.41, 5.74) is 2.29. The van der Waals surface area contributed by atoms with E-state index in [1.165, 1.54) is 4.31 Å². The van der Waals surface area contributed by atoms with Gasteiger partial charge >= 0.3 is 0 Å². The van der Waals surface area contributed by atoms with Crippen molar-refractivity contribution >= 4 is 21.6 Å². The number of carbonyl (C=O) groups excluding carboxylic acids is 1. The SMILES string of the molecule is CC[C@@H](C(=O)NCc1cccc(OC(C)C)c1)N(c1cccc(C)c1)S(C)(=O)=O. The standard InChI is InChI=1S/C22H30N2O4S/c1-6-21(24(29(5,26)27)19-11-7-9-17(4)13-19)22(25)23-15-18-10-8-12-20(14-18)28-16(2)3/h7-14,16,21H,6,15H2,1-5H3,(H,23,25)/t21-/m0/s1. The molecule has 0 heterocycles. The molecule has 158 valence electrons. The molecule has 2 rings (SSSR count). The van der Waals surface area contributed by atoms with E-state index in [1.807, 2.05) is 51.1 Å². The smallest absolute Gasteiger partial charge is 0.244 e. The monoisotopic (exact) mass is 418 g/mol. The second-order valence-corrected chi connectivity index (χ2v) is 9.21. The van der Waals surface area contributed by atoms with E-state index in [0.717, 1.165) is 23.1 Å². The summed E-state index contributed by atoms with van der Waals surface area (Å²) >= 11 is 0. The highest BCUT2D eigenvalue weighted by atomic mass is 32.2. The van der Waals surface area contributed by atoms with E-state index >= 15 is 0 Å². The third-order valence-corrected chi connectivity index (χ3v) is 5.50. The molecule has 0 aliphatic rings. The normalized spacial score (nSPS) is 12.5. The van der Waals surface area contributed by atoms with Crippen LogP contribution in [0.4, 0.5) is 5.69 Å². The van der Waals surface area contributed by atoms with Crippen LogP contribution >= 0.6 is 0 Å². The van der Waals surface area contributed by atoms with Crippen molar-refractivity contribution in [1.82, 2.24) is 5.32 Å². The van der Waals surface area contributed by atoms with Crippen molar-refractivity contribution in [2.45, 2.75) is 52.8 Å². The summed E-state index contributed by atoms with van der Waals surface area (Å²) in [5.74, 6) is 0.394. The summed E-state index contributed by atoms with van der Waals surface area (Å²) in [6, 6.07) is 13.8. The van der Waals surface area contributed by atoms with Gasteiger partial charge in [0.1, 0.15) is 11.8 Å². The molecule has 0 aromatic heterocycles. The van der Waals surface area contributed by atoms with Gasteiger partial charge in [-0.05, 0) is 62.6 Å². The summed E-state index contributed by atoms with van der Waals surface area (Å²) < 4.78 is 31.9. The van der Waals surface area contributed by atoms with Crippen LogP contribution in [0.5, 0.6) is 5.75 Å². The fourth-order valence-electron chi connectivity index (χ4n) is 3.13. The van der Waals surface area contributed by atoms with Crippen LogP contribution in [0.2, 0.25) is 0 Å². The first-order chi connectivity index (χ1) is 13.6. The molecule has 29 heavy (non-hydrogen) atoms. The molecule has 0 radical (unpaired) electrons. The summed E-state index contributed by atoms with van der Waals surface area (Å²) in [4.78, 5) is 12.9. The van der Waals surface area contributed by atoms with Gasteiger partial charge < -0.3 is 10.1 Å². The maximum atomic E-state index is 12.9. The van der Waals surface area contributed by atoms with Gasteiger partial charge in [-0.3, -0.25) is 9.10 Å². The molecule has 0 spiro atoms. The van der Waals surface area contributed by atoms with Gasteiger partial charge in [0.2, 0.25) is 15.9 Å². The van der Waals surface area contributed by atoms with E-state index in [1.54, 1.807) is 25.1 Å².